The predicted molar refractivity (Wildman–Crippen MR) is 104 cm³/mol. The Morgan fingerprint density at radius 1 is 1.19 bits per heavy atom. The van der Waals surface area contributed by atoms with E-state index in [1.807, 2.05) is 0 Å². The van der Waals surface area contributed by atoms with E-state index in [9.17, 15) is 9.59 Å². The van der Waals surface area contributed by atoms with Gasteiger partial charge in [0.15, 0.2) is 18.1 Å². The summed E-state index contributed by atoms with van der Waals surface area (Å²) in [7, 11) is 1.49. The van der Waals surface area contributed by atoms with Gasteiger partial charge in [-0.3, -0.25) is 9.59 Å². The van der Waals surface area contributed by atoms with Gasteiger partial charge in [0.1, 0.15) is 0 Å². The minimum atomic E-state index is -0.573. The van der Waals surface area contributed by atoms with E-state index >= 15 is 0 Å². The molecule has 0 aromatic heterocycles. The maximum Gasteiger partial charge on any atom is 0.255 e. The molecular weight excluding hydrogens is 370 g/mol. The van der Waals surface area contributed by atoms with Crippen LogP contribution in [0.3, 0.4) is 0 Å². The van der Waals surface area contributed by atoms with E-state index in [2.05, 4.69) is 5.32 Å². The number of hydrogen-bond acceptors (Lipinski definition) is 5. The van der Waals surface area contributed by atoms with Crippen molar-refractivity contribution in [1.82, 2.24) is 5.32 Å². The molecule has 2 aliphatic rings. The average molecular weight is 398 g/mol. The van der Waals surface area contributed by atoms with Crippen LogP contribution in [0.15, 0.2) is 18.2 Å². The van der Waals surface area contributed by atoms with Gasteiger partial charge < -0.3 is 26.3 Å². The average Bonchev–Trinajstić information content (AvgIpc) is 2.60. The van der Waals surface area contributed by atoms with Crippen LogP contribution in [0.2, 0.25) is 0 Å². The number of amides is 2. The largest absolute Gasteiger partial charge is 0.493 e. The number of benzene rings is 1. The lowest BCUT2D eigenvalue weighted by Gasteiger charge is -2.45. The Labute approximate surface area is 165 Å². The molecule has 150 valence electrons. The first-order chi connectivity index (χ1) is 12.5. The van der Waals surface area contributed by atoms with Crippen LogP contribution in [0.5, 0.6) is 11.5 Å². The van der Waals surface area contributed by atoms with Crippen LogP contribution < -0.4 is 26.3 Å². The van der Waals surface area contributed by atoms with E-state index in [4.69, 9.17) is 20.9 Å². The van der Waals surface area contributed by atoms with Crippen molar-refractivity contribution in [2.75, 3.05) is 13.7 Å². The quantitative estimate of drug-likeness (QED) is 0.674. The first kappa shape index (κ1) is 21.3. The molecule has 3 rings (SSSR count). The number of halogens is 1. The summed E-state index contributed by atoms with van der Waals surface area (Å²) in [4.78, 5) is 23.6. The maximum atomic E-state index is 12.8. The molecule has 2 fully saturated rings. The molecule has 1 aromatic carbocycles. The molecular formula is C19H28ClN3O4. The van der Waals surface area contributed by atoms with Crippen LogP contribution in [-0.2, 0) is 4.79 Å². The summed E-state index contributed by atoms with van der Waals surface area (Å²) in [6.07, 6.45) is 5.42. The molecule has 0 radical (unpaired) electrons. The summed E-state index contributed by atoms with van der Waals surface area (Å²) in [6.45, 7) is -0.242. The molecule has 0 aliphatic heterocycles. The first-order valence-corrected chi connectivity index (χ1v) is 9.13. The molecule has 2 amide bonds. The van der Waals surface area contributed by atoms with Crippen molar-refractivity contribution in [1.29, 1.82) is 0 Å². The van der Waals surface area contributed by atoms with Crippen molar-refractivity contribution < 1.29 is 19.1 Å². The van der Waals surface area contributed by atoms with E-state index in [0.717, 1.165) is 25.7 Å². The Hall–Kier alpha value is -1.99. The van der Waals surface area contributed by atoms with E-state index in [0.29, 0.717) is 28.9 Å². The number of rotatable bonds is 6. The van der Waals surface area contributed by atoms with Gasteiger partial charge in [-0.2, -0.15) is 0 Å². The van der Waals surface area contributed by atoms with Crippen molar-refractivity contribution in [2.24, 2.45) is 23.3 Å². The Morgan fingerprint density at radius 2 is 1.85 bits per heavy atom. The molecule has 2 bridgehead atoms. The number of primary amides is 1. The van der Waals surface area contributed by atoms with Crippen LogP contribution in [0, 0.1) is 11.8 Å². The third kappa shape index (κ3) is 5.05. The highest BCUT2D eigenvalue weighted by Gasteiger charge is 2.40. The molecule has 2 aliphatic carbocycles. The van der Waals surface area contributed by atoms with Crippen molar-refractivity contribution in [3.05, 3.63) is 23.8 Å². The molecule has 1 aromatic rings. The topological polar surface area (TPSA) is 117 Å². The van der Waals surface area contributed by atoms with Crippen LogP contribution in [-0.4, -0.2) is 37.6 Å². The lowest BCUT2D eigenvalue weighted by atomic mass is 9.67. The molecule has 2 unspecified atom stereocenters. The van der Waals surface area contributed by atoms with E-state index in [1.165, 1.54) is 13.5 Å². The van der Waals surface area contributed by atoms with Crippen LogP contribution in [0.25, 0.3) is 0 Å². The number of nitrogens with two attached hydrogens (primary N) is 2. The fraction of sp³-hybridized carbons (Fsp3) is 0.579. The zero-order valence-corrected chi connectivity index (χ0v) is 16.3. The number of carbonyl (C=O) groups is 2. The minimum absolute atomic E-state index is 0. The maximum absolute atomic E-state index is 12.8. The Bertz CT molecular complexity index is 671. The molecule has 0 heterocycles. The highest BCUT2D eigenvalue weighted by molar-refractivity contribution is 5.95. The van der Waals surface area contributed by atoms with Crippen molar-refractivity contribution >= 4 is 24.2 Å². The summed E-state index contributed by atoms with van der Waals surface area (Å²) < 4.78 is 10.6. The number of methoxy groups -OCH3 is 1. The molecule has 2 saturated carbocycles. The van der Waals surface area contributed by atoms with Gasteiger partial charge in [-0.1, -0.05) is 6.42 Å². The lowest BCUT2D eigenvalue weighted by molar-refractivity contribution is -0.119. The normalized spacial score (nSPS) is 26.4. The van der Waals surface area contributed by atoms with Gasteiger partial charge in [0.25, 0.3) is 11.8 Å². The molecule has 0 spiro atoms. The van der Waals surface area contributed by atoms with Crippen LogP contribution in [0.4, 0.5) is 0 Å². The Kier molecular flexibility index (Phi) is 7.33. The molecule has 27 heavy (non-hydrogen) atoms. The van der Waals surface area contributed by atoms with Gasteiger partial charge in [0, 0.05) is 17.6 Å². The number of ether oxygens (including phenoxy) is 2. The third-order valence-corrected chi connectivity index (χ3v) is 5.47. The molecule has 5 N–H and O–H groups in total. The highest BCUT2D eigenvalue weighted by Crippen LogP contribution is 2.40. The van der Waals surface area contributed by atoms with E-state index in [-0.39, 0.29) is 37.0 Å². The Balaban J connectivity index is 0.00000261. The zero-order chi connectivity index (χ0) is 18.7. The second-order valence-electron chi connectivity index (χ2n) is 7.30. The zero-order valence-electron chi connectivity index (χ0n) is 15.5. The first-order valence-electron chi connectivity index (χ1n) is 9.13. The van der Waals surface area contributed by atoms with Gasteiger partial charge in [0.2, 0.25) is 0 Å². The van der Waals surface area contributed by atoms with Crippen LogP contribution in [0.1, 0.15) is 42.5 Å². The van der Waals surface area contributed by atoms with Crippen molar-refractivity contribution in [3.63, 3.8) is 0 Å². The molecule has 2 atom stereocenters. The van der Waals surface area contributed by atoms with Gasteiger partial charge in [-0.15, -0.1) is 12.4 Å². The monoisotopic (exact) mass is 397 g/mol. The standard InChI is InChI=1S/C19H27N3O4.ClH/c1-25-16-9-13(5-6-15(16)26-10-17(21)23)19(24)22-18-11-3-2-4-12(18)8-14(20)7-11;/h5-6,9,11-12,14,18H,2-4,7-8,10,20H2,1H3,(H2,21,23)(H,22,24);1H. The summed E-state index contributed by atoms with van der Waals surface area (Å²) in [6, 6.07) is 5.34. The van der Waals surface area contributed by atoms with E-state index < -0.39 is 5.91 Å². The smallest absolute Gasteiger partial charge is 0.255 e. The van der Waals surface area contributed by atoms with Gasteiger partial charge in [-0.05, 0) is 55.7 Å². The SMILES string of the molecule is COc1cc(C(=O)NC2C3CCCC2CC(N)C3)ccc1OCC(N)=O.Cl. The Morgan fingerprint density at radius 3 is 2.44 bits per heavy atom. The number of nitrogens with one attached hydrogen (secondary N) is 1. The minimum Gasteiger partial charge on any atom is -0.493 e. The molecule has 8 heteroatoms. The van der Waals surface area contributed by atoms with Gasteiger partial charge in [-0.25, -0.2) is 0 Å². The second kappa shape index (κ2) is 9.28. The third-order valence-electron chi connectivity index (χ3n) is 5.47. The number of carbonyl (C=O) groups excluding carboxylic acids is 2. The summed E-state index contributed by atoms with van der Waals surface area (Å²) in [5.74, 6) is 0.995. The van der Waals surface area contributed by atoms with Crippen molar-refractivity contribution in [2.45, 2.75) is 44.2 Å². The van der Waals surface area contributed by atoms with Gasteiger partial charge >= 0.3 is 0 Å². The van der Waals surface area contributed by atoms with Gasteiger partial charge in [0.05, 0.1) is 7.11 Å². The molecule has 7 nitrogen and oxygen atoms in total. The lowest BCUT2D eigenvalue weighted by Crippen LogP contribution is -2.53. The number of fused-ring (bicyclic) bond motifs is 2. The second-order valence-corrected chi connectivity index (χ2v) is 7.30. The molecule has 0 saturated heterocycles. The summed E-state index contributed by atoms with van der Waals surface area (Å²) in [5, 5.41) is 3.21. The fourth-order valence-corrected chi connectivity index (χ4v) is 4.34. The summed E-state index contributed by atoms with van der Waals surface area (Å²) >= 11 is 0. The summed E-state index contributed by atoms with van der Waals surface area (Å²) in [5.41, 5.74) is 11.7. The predicted octanol–water partition coefficient (Wildman–Crippen LogP) is 1.62. The number of hydrogen-bond donors (Lipinski definition) is 3. The van der Waals surface area contributed by atoms with Crippen LogP contribution >= 0.6 is 12.4 Å². The van der Waals surface area contributed by atoms with Crippen molar-refractivity contribution in [3.8, 4) is 11.5 Å². The fourth-order valence-electron chi connectivity index (χ4n) is 4.34. The van der Waals surface area contributed by atoms with E-state index in [1.54, 1.807) is 18.2 Å². The highest BCUT2D eigenvalue weighted by atomic mass is 35.5.